The summed E-state index contributed by atoms with van der Waals surface area (Å²) in [5.41, 5.74) is 2.64. The summed E-state index contributed by atoms with van der Waals surface area (Å²) in [5, 5.41) is 6.91. The van der Waals surface area contributed by atoms with Crippen LogP contribution in [0.1, 0.15) is 48.4 Å². The van der Waals surface area contributed by atoms with Crippen molar-refractivity contribution >= 4 is 16.9 Å². The molecule has 2 heterocycles. The van der Waals surface area contributed by atoms with Crippen molar-refractivity contribution in [2.24, 2.45) is 5.92 Å². The molecule has 4 aromatic rings. The van der Waals surface area contributed by atoms with Crippen LogP contribution in [0.25, 0.3) is 22.4 Å². The van der Waals surface area contributed by atoms with E-state index in [0.717, 1.165) is 35.4 Å². The molecule has 2 aromatic heterocycles. The minimum Gasteiger partial charge on any atom is -0.350 e. The summed E-state index contributed by atoms with van der Waals surface area (Å²) in [7, 11) is 0. The molecule has 0 atom stereocenters. The number of imidazole rings is 1. The lowest BCUT2D eigenvalue weighted by atomic mass is 10.0. The van der Waals surface area contributed by atoms with Crippen molar-refractivity contribution in [3.63, 3.8) is 0 Å². The Balaban J connectivity index is 1.21. The fraction of sp³-hybridized carbons (Fsp3) is 0.360. The van der Waals surface area contributed by atoms with Gasteiger partial charge < -0.3 is 14.4 Å². The van der Waals surface area contributed by atoms with Gasteiger partial charge in [-0.25, -0.2) is 9.37 Å². The Morgan fingerprint density at radius 1 is 1.18 bits per heavy atom. The van der Waals surface area contributed by atoms with E-state index in [1.54, 1.807) is 18.5 Å². The standard InChI is InChI=1S/C25H26FN5O2/c26-20-8-4-3-7-19(20)25(32)27-13-14-31-16-28-21-15-18(10-11-22(21)31)24-29-23(33-30-24)12-9-17-5-1-2-6-17/h3-4,7-8,10-11,15-17H,1-2,5-6,9,12-14H2,(H,27,32). The zero-order chi connectivity index (χ0) is 22.6. The zero-order valence-corrected chi connectivity index (χ0v) is 18.3. The molecule has 1 fully saturated rings. The second kappa shape index (κ2) is 9.52. The number of halogens is 1. The Morgan fingerprint density at radius 2 is 2.03 bits per heavy atom. The van der Waals surface area contributed by atoms with E-state index < -0.39 is 11.7 Å². The van der Waals surface area contributed by atoms with Gasteiger partial charge in [-0.15, -0.1) is 0 Å². The van der Waals surface area contributed by atoms with Crippen LogP contribution >= 0.6 is 0 Å². The molecule has 0 saturated heterocycles. The lowest BCUT2D eigenvalue weighted by Gasteiger charge is -2.07. The van der Waals surface area contributed by atoms with Gasteiger partial charge in [0.25, 0.3) is 5.91 Å². The molecule has 0 radical (unpaired) electrons. The van der Waals surface area contributed by atoms with E-state index in [-0.39, 0.29) is 5.56 Å². The van der Waals surface area contributed by atoms with Crippen LogP contribution in [-0.4, -0.2) is 32.1 Å². The molecule has 2 aromatic carbocycles. The fourth-order valence-corrected chi connectivity index (χ4v) is 4.51. The third-order valence-electron chi connectivity index (χ3n) is 6.35. The molecule has 1 saturated carbocycles. The van der Waals surface area contributed by atoms with Crippen molar-refractivity contribution in [1.82, 2.24) is 25.0 Å². The number of nitrogens with one attached hydrogen (secondary N) is 1. The summed E-state index contributed by atoms with van der Waals surface area (Å²) in [6.07, 6.45) is 8.97. The maximum Gasteiger partial charge on any atom is 0.254 e. The number of aromatic nitrogens is 4. The van der Waals surface area contributed by atoms with E-state index in [4.69, 9.17) is 4.52 Å². The lowest BCUT2D eigenvalue weighted by molar-refractivity contribution is 0.0948. The van der Waals surface area contributed by atoms with Gasteiger partial charge >= 0.3 is 0 Å². The van der Waals surface area contributed by atoms with Gasteiger partial charge in [-0.3, -0.25) is 4.79 Å². The number of benzene rings is 2. The van der Waals surface area contributed by atoms with E-state index in [2.05, 4.69) is 20.4 Å². The molecule has 0 spiro atoms. The van der Waals surface area contributed by atoms with Gasteiger partial charge in [0.15, 0.2) is 0 Å². The van der Waals surface area contributed by atoms with Crippen LogP contribution in [-0.2, 0) is 13.0 Å². The number of nitrogens with zero attached hydrogens (tertiary/aromatic N) is 4. The van der Waals surface area contributed by atoms with Crippen LogP contribution in [0.5, 0.6) is 0 Å². The minimum atomic E-state index is -0.529. The van der Waals surface area contributed by atoms with Crippen molar-refractivity contribution in [3.05, 3.63) is 66.1 Å². The van der Waals surface area contributed by atoms with Crippen molar-refractivity contribution < 1.29 is 13.7 Å². The fourth-order valence-electron chi connectivity index (χ4n) is 4.51. The third kappa shape index (κ3) is 4.79. The van der Waals surface area contributed by atoms with Crippen molar-refractivity contribution in [3.8, 4) is 11.4 Å². The first-order valence-corrected chi connectivity index (χ1v) is 11.5. The van der Waals surface area contributed by atoms with Crippen LogP contribution in [0.4, 0.5) is 4.39 Å². The molecule has 5 rings (SSSR count). The zero-order valence-electron chi connectivity index (χ0n) is 18.3. The topological polar surface area (TPSA) is 85.8 Å². The van der Waals surface area contributed by atoms with Gasteiger partial charge in [0.05, 0.1) is 22.9 Å². The highest BCUT2D eigenvalue weighted by Gasteiger charge is 2.17. The second-order valence-electron chi connectivity index (χ2n) is 8.58. The van der Waals surface area contributed by atoms with E-state index in [0.29, 0.717) is 24.8 Å². The predicted octanol–water partition coefficient (Wildman–Crippen LogP) is 4.78. The molecule has 0 aliphatic heterocycles. The first-order valence-electron chi connectivity index (χ1n) is 11.5. The van der Waals surface area contributed by atoms with Crippen LogP contribution < -0.4 is 5.32 Å². The first-order chi connectivity index (χ1) is 16.2. The first kappa shape index (κ1) is 21.3. The molecule has 7 nitrogen and oxygen atoms in total. The number of aryl methyl sites for hydroxylation is 1. The summed E-state index contributed by atoms with van der Waals surface area (Å²) in [5.74, 6) is 1.09. The smallest absolute Gasteiger partial charge is 0.254 e. The van der Waals surface area contributed by atoms with Crippen molar-refractivity contribution in [2.75, 3.05) is 6.54 Å². The quantitative estimate of drug-likeness (QED) is 0.420. The van der Waals surface area contributed by atoms with E-state index >= 15 is 0 Å². The maximum atomic E-state index is 13.7. The molecular formula is C25H26FN5O2. The molecule has 1 amide bonds. The summed E-state index contributed by atoms with van der Waals surface area (Å²) >= 11 is 0. The number of rotatable bonds is 8. The van der Waals surface area contributed by atoms with Gasteiger partial charge in [0.2, 0.25) is 11.7 Å². The lowest BCUT2D eigenvalue weighted by Crippen LogP contribution is -2.27. The third-order valence-corrected chi connectivity index (χ3v) is 6.35. The molecule has 1 N–H and O–H groups in total. The minimum absolute atomic E-state index is 0.0420. The molecule has 170 valence electrons. The Morgan fingerprint density at radius 3 is 2.88 bits per heavy atom. The highest BCUT2D eigenvalue weighted by atomic mass is 19.1. The van der Waals surface area contributed by atoms with Crippen molar-refractivity contribution in [2.45, 2.75) is 45.1 Å². The summed E-state index contributed by atoms with van der Waals surface area (Å²) < 4.78 is 21.2. The summed E-state index contributed by atoms with van der Waals surface area (Å²) in [4.78, 5) is 21.2. The Kier molecular flexibility index (Phi) is 6.15. The number of amides is 1. The Hall–Kier alpha value is -3.55. The molecule has 1 aliphatic rings. The van der Waals surface area contributed by atoms with Crippen LogP contribution in [0.2, 0.25) is 0 Å². The number of hydrogen-bond donors (Lipinski definition) is 1. The van der Waals surface area contributed by atoms with Gasteiger partial charge in [0.1, 0.15) is 5.82 Å². The Bertz CT molecular complexity index is 1260. The van der Waals surface area contributed by atoms with E-state index in [1.165, 1.54) is 37.8 Å². The molecule has 33 heavy (non-hydrogen) atoms. The number of carbonyl (C=O) groups is 1. The number of carbonyl (C=O) groups excluding carboxylic acids is 1. The maximum absolute atomic E-state index is 13.7. The predicted molar refractivity (Wildman–Crippen MR) is 122 cm³/mol. The number of fused-ring (bicyclic) bond motifs is 1. The van der Waals surface area contributed by atoms with Crippen molar-refractivity contribution in [1.29, 1.82) is 0 Å². The average molecular weight is 448 g/mol. The molecule has 0 unspecified atom stereocenters. The van der Waals surface area contributed by atoms with Gasteiger partial charge in [-0.1, -0.05) is 43.0 Å². The second-order valence-corrected chi connectivity index (χ2v) is 8.58. The van der Waals surface area contributed by atoms with E-state index in [9.17, 15) is 9.18 Å². The molecule has 0 bridgehead atoms. The average Bonchev–Trinajstić information content (AvgIpc) is 3.59. The molecular weight excluding hydrogens is 421 g/mol. The Labute approximate surface area is 191 Å². The SMILES string of the molecule is O=C(NCCn1cnc2cc(-c3noc(CCC4CCCC4)n3)ccc21)c1ccccc1F. The summed E-state index contributed by atoms with van der Waals surface area (Å²) in [6, 6.07) is 11.8. The number of hydrogen-bond acceptors (Lipinski definition) is 5. The molecule has 1 aliphatic carbocycles. The molecule has 8 heteroatoms. The highest BCUT2D eigenvalue weighted by molar-refractivity contribution is 5.94. The largest absolute Gasteiger partial charge is 0.350 e. The highest BCUT2D eigenvalue weighted by Crippen LogP contribution is 2.29. The van der Waals surface area contributed by atoms with Crippen LogP contribution in [0, 0.1) is 11.7 Å². The van der Waals surface area contributed by atoms with Crippen LogP contribution in [0.3, 0.4) is 0 Å². The normalized spacial score (nSPS) is 14.2. The van der Waals surface area contributed by atoms with Crippen LogP contribution in [0.15, 0.2) is 53.3 Å². The van der Waals surface area contributed by atoms with Gasteiger partial charge in [-0.2, -0.15) is 4.98 Å². The van der Waals surface area contributed by atoms with E-state index in [1.807, 2.05) is 22.8 Å². The van der Waals surface area contributed by atoms with Gasteiger partial charge in [-0.05, 0) is 42.7 Å². The summed E-state index contributed by atoms with van der Waals surface area (Å²) in [6.45, 7) is 0.874. The monoisotopic (exact) mass is 447 g/mol. The van der Waals surface area contributed by atoms with Gasteiger partial charge in [0, 0.05) is 25.1 Å².